The first kappa shape index (κ1) is 15.1. The lowest BCUT2D eigenvalue weighted by atomic mass is 10.1. The van der Waals surface area contributed by atoms with Crippen molar-refractivity contribution in [1.82, 2.24) is 10.2 Å². The van der Waals surface area contributed by atoms with Gasteiger partial charge in [0.1, 0.15) is 6.54 Å². The first-order valence-electron chi connectivity index (χ1n) is 6.27. The minimum absolute atomic E-state index is 0.0558. The van der Waals surface area contributed by atoms with Crippen molar-refractivity contribution in [2.45, 2.75) is 31.9 Å². The molecule has 0 atom stereocenters. The van der Waals surface area contributed by atoms with Gasteiger partial charge in [-0.2, -0.15) is 11.8 Å². The van der Waals surface area contributed by atoms with Gasteiger partial charge < -0.3 is 15.0 Å². The van der Waals surface area contributed by atoms with Gasteiger partial charge in [-0.3, -0.25) is 4.79 Å². The second kappa shape index (κ2) is 6.87. The van der Waals surface area contributed by atoms with Crippen molar-refractivity contribution >= 4 is 23.8 Å². The van der Waals surface area contributed by atoms with Crippen molar-refractivity contribution in [3.63, 3.8) is 0 Å². The van der Waals surface area contributed by atoms with Gasteiger partial charge in [-0.15, -0.1) is 0 Å². The van der Waals surface area contributed by atoms with Crippen LogP contribution in [-0.2, 0) is 9.53 Å². The van der Waals surface area contributed by atoms with Gasteiger partial charge in [-0.05, 0) is 13.3 Å². The number of nitrogens with zero attached hydrogens (tertiary/aromatic N) is 1. The van der Waals surface area contributed by atoms with E-state index in [1.807, 2.05) is 11.8 Å². The quantitative estimate of drug-likeness (QED) is 0.792. The Morgan fingerprint density at radius 2 is 2.11 bits per heavy atom. The van der Waals surface area contributed by atoms with Gasteiger partial charge in [-0.1, -0.05) is 13.8 Å². The predicted molar refractivity (Wildman–Crippen MR) is 72.8 cm³/mol. The Kier molecular flexibility index (Phi) is 5.78. The molecule has 0 bridgehead atoms. The molecule has 0 aliphatic carbocycles. The van der Waals surface area contributed by atoms with Crippen LogP contribution in [0, 0.1) is 0 Å². The van der Waals surface area contributed by atoms with Crippen LogP contribution in [0.1, 0.15) is 27.2 Å². The smallest absolute Gasteiger partial charge is 0.325 e. The van der Waals surface area contributed by atoms with E-state index < -0.39 is 5.97 Å². The van der Waals surface area contributed by atoms with Crippen molar-refractivity contribution < 1.29 is 14.3 Å². The molecule has 104 valence electrons. The summed E-state index contributed by atoms with van der Waals surface area (Å²) in [5.74, 6) is 0.537. The van der Waals surface area contributed by atoms with Gasteiger partial charge in [0, 0.05) is 23.6 Å². The summed E-state index contributed by atoms with van der Waals surface area (Å²) in [5, 5.41) is 2.60. The van der Waals surface area contributed by atoms with Gasteiger partial charge in [-0.25, -0.2) is 4.79 Å². The summed E-state index contributed by atoms with van der Waals surface area (Å²) in [6.45, 7) is 7.86. The van der Waals surface area contributed by atoms with Gasteiger partial charge in [0.25, 0.3) is 0 Å². The van der Waals surface area contributed by atoms with E-state index in [0.717, 1.165) is 25.3 Å². The van der Waals surface area contributed by atoms with Crippen LogP contribution in [0.25, 0.3) is 0 Å². The highest BCUT2D eigenvalue weighted by atomic mass is 32.2. The molecule has 1 fully saturated rings. The number of amides is 2. The molecule has 1 saturated heterocycles. The van der Waals surface area contributed by atoms with E-state index in [0.29, 0.717) is 6.61 Å². The molecular weight excluding hydrogens is 252 g/mol. The lowest BCUT2D eigenvalue weighted by Crippen LogP contribution is -2.43. The number of esters is 1. The van der Waals surface area contributed by atoms with Crippen LogP contribution in [0.15, 0.2) is 0 Å². The van der Waals surface area contributed by atoms with E-state index in [-0.39, 0.29) is 17.3 Å². The molecule has 0 unspecified atom stereocenters. The number of nitrogens with one attached hydrogen (secondary N) is 1. The van der Waals surface area contributed by atoms with E-state index >= 15 is 0 Å². The highest BCUT2D eigenvalue weighted by Crippen LogP contribution is 2.30. The van der Waals surface area contributed by atoms with Crippen molar-refractivity contribution in [3.05, 3.63) is 0 Å². The third-order valence-electron chi connectivity index (χ3n) is 2.81. The first-order chi connectivity index (χ1) is 8.44. The third-order valence-corrected chi connectivity index (χ3v) is 4.19. The minimum Gasteiger partial charge on any atom is -0.465 e. The summed E-state index contributed by atoms with van der Waals surface area (Å²) in [6.07, 6.45) is 0.963. The fraction of sp³-hybridized carbons (Fsp3) is 0.833. The SMILES string of the molecule is CCOC(=O)CNC(=O)N1CCSC(C)(C)CC1. The molecule has 2 amide bonds. The molecule has 6 heteroatoms. The molecule has 0 aromatic rings. The number of rotatable bonds is 3. The van der Waals surface area contributed by atoms with E-state index in [9.17, 15) is 9.59 Å². The number of carbonyl (C=O) groups is 2. The Labute approximate surface area is 113 Å². The maximum absolute atomic E-state index is 11.9. The summed E-state index contributed by atoms with van der Waals surface area (Å²) in [5.41, 5.74) is 0. The van der Waals surface area contributed by atoms with E-state index in [2.05, 4.69) is 19.2 Å². The molecule has 0 spiro atoms. The second-order valence-corrected chi connectivity index (χ2v) is 6.61. The second-order valence-electron chi connectivity index (χ2n) is 4.81. The molecule has 1 rings (SSSR count). The predicted octanol–water partition coefficient (Wildman–Crippen LogP) is 1.48. The summed E-state index contributed by atoms with van der Waals surface area (Å²) in [7, 11) is 0. The molecule has 0 aromatic carbocycles. The maximum Gasteiger partial charge on any atom is 0.325 e. The molecular formula is C12H22N2O3S. The first-order valence-corrected chi connectivity index (χ1v) is 7.25. The number of thioether (sulfide) groups is 1. The zero-order chi connectivity index (χ0) is 13.6. The summed E-state index contributed by atoms with van der Waals surface area (Å²) >= 11 is 1.88. The molecule has 0 saturated carbocycles. The normalized spacial score (nSPS) is 18.9. The number of hydrogen-bond donors (Lipinski definition) is 1. The highest BCUT2D eigenvalue weighted by molar-refractivity contribution is 8.00. The summed E-state index contributed by atoms with van der Waals surface area (Å²) in [4.78, 5) is 24.8. The van der Waals surface area contributed by atoms with Crippen molar-refractivity contribution in [1.29, 1.82) is 0 Å². The van der Waals surface area contributed by atoms with Gasteiger partial charge in [0.05, 0.1) is 6.61 Å². The molecule has 0 aromatic heterocycles. The van der Waals surface area contributed by atoms with Gasteiger partial charge >= 0.3 is 12.0 Å². The average Bonchev–Trinajstić information content (AvgIpc) is 2.47. The Balaban J connectivity index is 2.35. The van der Waals surface area contributed by atoms with Crippen LogP contribution in [0.3, 0.4) is 0 Å². The monoisotopic (exact) mass is 274 g/mol. The fourth-order valence-electron chi connectivity index (χ4n) is 1.70. The van der Waals surface area contributed by atoms with Crippen molar-refractivity contribution in [2.75, 3.05) is 32.0 Å². The van der Waals surface area contributed by atoms with Crippen LogP contribution in [0.2, 0.25) is 0 Å². The van der Waals surface area contributed by atoms with E-state index in [1.165, 1.54) is 0 Å². The lowest BCUT2D eigenvalue weighted by molar-refractivity contribution is -0.141. The average molecular weight is 274 g/mol. The number of hydrogen-bond acceptors (Lipinski definition) is 4. The topological polar surface area (TPSA) is 58.6 Å². The van der Waals surface area contributed by atoms with Crippen molar-refractivity contribution in [3.8, 4) is 0 Å². The van der Waals surface area contributed by atoms with Gasteiger partial charge in [0.2, 0.25) is 0 Å². The minimum atomic E-state index is -0.393. The maximum atomic E-state index is 11.9. The molecule has 0 radical (unpaired) electrons. The zero-order valence-electron chi connectivity index (χ0n) is 11.3. The molecule has 1 aliphatic heterocycles. The van der Waals surface area contributed by atoms with E-state index in [1.54, 1.807) is 11.8 Å². The summed E-state index contributed by atoms with van der Waals surface area (Å²) in [6, 6.07) is -0.179. The van der Waals surface area contributed by atoms with Crippen LogP contribution < -0.4 is 5.32 Å². The Morgan fingerprint density at radius 1 is 1.39 bits per heavy atom. The molecule has 1 N–H and O–H groups in total. The Hall–Kier alpha value is -0.910. The zero-order valence-corrected chi connectivity index (χ0v) is 12.1. The van der Waals surface area contributed by atoms with Crippen LogP contribution in [0.4, 0.5) is 4.79 Å². The molecule has 5 nitrogen and oxygen atoms in total. The molecule has 1 aliphatic rings. The molecule has 18 heavy (non-hydrogen) atoms. The fourth-order valence-corrected chi connectivity index (χ4v) is 2.79. The Morgan fingerprint density at radius 3 is 2.78 bits per heavy atom. The van der Waals surface area contributed by atoms with Crippen LogP contribution >= 0.6 is 11.8 Å². The lowest BCUT2D eigenvalue weighted by Gasteiger charge is -2.22. The molecule has 1 heterocycles. The number of carbonyl (C=O) groups excluding carboxylic acids is 2. The third kappa shape index (κ3) is 5.16. The van der Waals surface area contributed by atoms with Crippen LogP contribution in [-0.4, -0.2) is 53.6 Å². The standard InChI is InChI=1S/C12H22N2O3S/c1-4-17-10(15)9-13-11(16)14-6-5-12(2,3)18-8-7-14/h4-9H2,1-3H3,(H,13,16). The summed E-state index contributed by atoms with van der Waals surface area (Å²) < 4.78 is 4.98. The van der Waals surface area contributed by atoms with Gasteiger partial charge in [0.15, 0.2) is 0 Å². The van der Waals surface area contributed by atoms with E-state index in [4.69, 9.17) is 4.74 Å². The van der Waals surface area contributed by atoms with Crippen molar-refractivity contribution in [2.24, 2.45) is 0 Å². The number of ether oxygens (including phenoxy) is 1. The van der Waals surface area contributed by atoms with Crippen LogP contribution in [0.5, 0.6) is 0 Å². The highest BCUT2D eigenvalue weighted by Gasteiger charge is 2.25. The Bertz CT molecular complexity index is 308. The number of urea groups is 1. The largest absolute Gasteiger partial charge is 0.465 e.